The Labute approximate surface area is 125 Å². The summed E-state index contributed by atoms with van der Waals surface area (Å²) in [5.74, 6) is 0.221. The number of thiophene rings is 1. The summed E-state index contributed by atoms with van der Waals surface area (Å²) in [6.07, 6.45) is 2.92. The van der Waals surface area contributed by atoms with E-state index in [2.05, 4.69) is 33.5 Å². The molecule has 0 saturated heterocycles. The summed E-state index contributed by atoms with van der Waals surface area (Å²) in [6, 6.07) is 2.21. The van der Waals surface area contributed by atoms with Gasteiger partial charge in [0, 0.05) is 4.88 Å². The van der Waals surface area contributed by atoms with Crippen molar-refractivity contribution in [1.82, 2.24) is 15.2 Å². The van der Waals surface area contributed by atoms with Crippen LogP contribution < -0.4 is 11.1 Å². The van der Waals surface area contributed by atoms with Crippen molar-refractivity contribution in [3.05, 3.63) is 21.8 Å². The molecule has 7 nitrogen and oxygen atoms in total. The summed E-state index contributed by atoms with van der Waals surface area (Å²) in [7, 11) is 0. The van der Waals surface area contributed by atoms with E-state index < -0.39 is 5.91 Å². The summed E-state index contributed by atoms with van der Waals surface area (Å²) in [5.41, 5.74) is 7.03. The third-order valence-electron chi connectivity index (χ3n) is 3.57. The molecule has 21 heavy (non-hydrogen) atoms. The van der Waals surface area contributed by atoms with Crippen molar-refractivity contribution in [3.8, 4) is 6.07 Å². The molecule has 0 aromatic carbocycles. The number of nitrogens with one attached hydrogen (secondary N) is 2. The van der Waals surface area contributed by atoms with Crippen molar-refractivity contribution >= 4 is 28.2 Å². The van der Waals surface area contributed by atoms with Crippen LogP contribution in [0.1, 0.15) is 40.0 Å². The lowest BCUT2D eigenvalue weighted by Gasteiger charge is -2.17. The number of nitriles is 1. The molecule has 8 heteroatoms. The molecule has 1 unspecified atom stereocenters. The van der Waals surface area contributed by atoms with Crippen LogP contribution in [0.25, 0.3) is 0 Å². The molecule has 0 saturated carbocycles. The summed E-state index contributed by atoms with van der Waals surface area (Å²) in [5, 5.41) is 18.7. The van der Waals surface area contributed by atoms with Gasteiger partial charge in [0.15, 0.2) is 0 Å². The first kappa shape index (κ1) is 13.6. The van der Waals surface area contributed by atoms with Crippen molar-refractivity contribution < 1.29 is 4.79 Å². The fraction of sp³-hybridized carbons (Fsp3) is 0.385. The van der Waals surface area contributed by atoms with Crippen LogP contribution in [-0.2, 0) is 12.8 Å². The highest BCUT2D eigenvalue weighted by molar-refractivity contribution is 7.16. The average Bonchev–Trinajstić information content (AvgIpc) is 3.01. The first-order valence-electron chi connectivity index (χ1n) is 6.62. The van der Waals surface area contributed by atoms with E-state index in [9.17, 15) is 10.1 Å². The number of nitrogens with two attached hydrogens (primary N) is 1. The zero-order chi connectivity index (χ0) is 15.0. The lowest BCUT2D eigenvalue weighted by molar-refractivity contribution is 0.101. The van der Waals surface area contributed by atoms with Crippen LogP contribution in [-0.4, -0.2) is 21.1 Å². The highest BCUT2D eigenvalue weighted by Crippen LogP contribution is 2.39. The molecular formula is C13H14N6OS. The molecule has 3 rings (SSSR count). The second kappa shape index (κ2) is 5.18. The Morgan fingerprint density at radius 2 is 2.43 bits per heavy atom. The quantitative estimate of drug-likeness (QED) is 0.779. The molecule has 1 amide bonds. The monoisotopic (exact) mass is 302 g/mol. The van der Waals surface area contributed by atoms with E-state index in [1.807, 2.05) is 0 Å². The summed E-state index contributed by atoms with van der Waals surface area (Å²) in [4.78, 5) is 17.0. The largest absolute Gasteiger partial charge is 0.366 e. The topological polar surface area (TPSA) is 120 Å². The second-order valence-corrected chi connectivity index (χ2v) is 6.27. The Morgan fingerprint density at radius 3 is 3.10 bits per heavy atom. The highest BCUT2D eigenvalue weighted by Gasteiger charge is 2.25. The van der Waals surface area contributed by atoms with Gasteiger partial charge in [0.1, 0.15) is 11.1 Å². The molecule has 4 N–H and O–H groups in total. The maximum absolute atomic E-state index is 12.1. The molecule has 2 aromatic heterocycles. The van der Waals surface area contributed by atoms with Crippen molar-refractivity contribution in [2.75, 3.05) is 11.1 Å². The molecule has 0 fully saturated rings. The maximum atomic E-state index is 12.1. The third-order valence-corrected chi connectivity index (χ3v) is 4.74. The molecule has 108 valence electrons. The molecular weight excluding hydrogens is 288 g/mol. The molecule has 1 aliphatic rings. The van der Waals surface area contributed by atoms with Gasteiger partial charge >= 0.3 is 0 Å². The Kier molecular flexibility index (Phi) is 3.35. The number of nitrogens with zero attached hydrogens (tertiary/aromatic N) is 3. The third kappa shape index (κ3) is 2.48. The molecule has 2 aromatic rings. The number of hydrogen-bond donors (Lipinski definition) is 3. The average molecular weight is 302 g/mol. The zero-order valence-corrected chi connectivity index (χ0v) is 12.3. The van der Waals surface area contributed by atoms with Gasteiger partial charge < -0.3 is 11.1 Å². The second-order valence-electron chi connectivity index (χ2n) is 5.16. The number of aromatic nitrogens is 3. The molecule has 0 radical (unpaired) electrons. The van der Waals surface area contributed by atoms with Gasteiger partial charge in [-0.05, 0) is 30.7 Å². The number of anilines is 2. The number of rotatable bonds is 2. The molecule has 0 spiro atoms. The molecule has 0 bridgehead atoms. The van der Waals surface area contributed by atoms with Gasteiger partial charge in [-0.25, -0.2) is 0 Å². The van der Waals surface area contributed by atoms with E-state index in [-0.39, 0.29) is 11.8 Å². The number of amides is 1. The van der Waals surface area contributed by atoms with Gasteiger partial charge in [0.2, 0.25) is 11.8 Å². The fourth-order valence-electron chi connectivity index (χ4n) is 2.50. The zero-order valence-electron chi connectivity index (χ0n) is 11.4. The summed E-state index contributed by atoms with van der Waals surface area (Å²) in [6.45, 7) is 2.20. The molecule has 1 aliphatic carbocycles. The minimum absolute atomic E-state index is 0.0138. The number of nitrogen functional groups attached to an aromatic ring is 1. The van der Waals surface area contributed by atoms with Crippen molar-refractivity contribution in [2.24, 2.45) is 5.92 Å². The van der Waals surface area contributed by atoms with Crippen LogP contribution in [0.4, 0.5) is 10.9 Å². The minimum Gasteiger partial charge on any atom is -0.366 e. The van der Waals surface area contributed by atoms with E-state index >= 15 is 0 Å². The maximum Gasteiger partial charge on any atom is 0.293 e. The lowest BCUT2D eigenvalue weighted by Crippen LogP contribution is -2.14. The lowest BCUT2D eigenvalue weighted by atomic mass is 9.89. The van der Waals surface area contributed by atoms with Crippen LogP contribution in [0.3, 0.4) is 0 Å². The summed E-state index contributed by atoms with van der Waals surface area (Å²) < 4.78 is 0. The Balaban J connectivity index is 1.89. The van der Waals surface area contributed by atoms with Gasteiger partial charge in [-0.3, -0.25) is 9.89 Å². The number of aromatic amines is 1. The smallest absolute Gasteiger partial charge is 0.293 e. The van der Waals surface area contributed by atoms with Crippen molar-refractivity contribution in [1.29, 1.82) is 5.26 Å². The number of H-pyrrole nitrogens is 1. The van der Waals surface area contributed by atoms with Gasteiger partial charge in [0.05, 0.1) is 5.56 Å². The number of carbonyl (C=O) groups excluding carboxylic acids is 1. The van der Waals surface area contributed by atoms with Crippen LogP contribution in [0.5, 0.6) is 0 Å². The summed E-state index contributed by atoms with van der Waals surface area (Å²) >= 11 is 1.47. The normalized spacial score (nSPS) is 17.0. The van der Waals surface area contributed by atoms with E-state index in [4.69, 9.17) is 5.73 Å². The van der Waals surface area contributed by atoms with Crippen molar-refractivity contribution in [3.63, 3.8) is 0 Å². The van der Waals surface area contributed by atoms with Crippen LogP contribution >= 0.6 is 11.3 Å². The molecule has 2 heterocycles. The van der Waals surface area contributed by atoms with E-state index in [1.54, 1.807) is 0 Å². The Morgan fingerprint density at radius 1 is 1.62 bits per heavy atom. The standard InChI is InChI=1S/C13H14N6OS/c1-6-2-3-7-8(5-14)12(21-9(7)4-6)17-11(20)10-16-13(15)19-18-10/h6H,2-4H2,1H3,(H,17,20)(H3,15,16,18,19). The van der Waals surface area contributed by atoms with Crippen molar-refractivity contribution in [2.45, 2.75) is 26.2 Å². The fourth-order valence-corrected chi connectivity index (χ4v) is 3.85. The first-order chi connectivity index (χ1) is 10.1. The van der Waals surface area contributed by atoms with Crippen LogP contribution in [0.2, 0.25) is 0 Å². The SMILES string of the molecule is CC1CCc2c(sc(NC(=O)c3nc(N)n[nH]3)c2C#N)C1. The Hall–Kier alpha value is -2.40. The van der Waals surface area contributed by atoms with Crippen LogP contribution in [0.15, 0.2) is 0 Å². The molecule has 0 aliphatic heterocycles. The highest BCUT2D eigenvalue weighted by atomic mass is 32.1. The van der Waals surface area contributed by atoms with Crippen LogP contribution in [0, 0.1) is 17.2 Å². The minimum atomic E-state index is -0.442. The number of hydrogen-bond acceptors (Lipinski definition) is 6. The van der Waals surface area contributed by atoms with E-state index in [0.29, 0.717) is 16.5 Å². The predicted molar refractivity (Wildman–Crippen MR) is 79.0 cm³/mol. The van der Waals surface area contributed by atoms with Gasteiger partial charge in [-0.2, -0.15) is 10.2 Å². The Bertz CT molecular complexity index is 740. The van der Waals surface area contributed by atoms with E-state index in [0.717, 1.165) is 24.8 Å². The van der Waals surface area contributed by atoms with E-state index in [1.165, 1.54) is 16.2 Å². The number of fused-ring (bicyclic) bond motifs is 1. The van der Waals surface area contributed by atoms with Gasteiger partial charge in [-0.15, -0.1) is 16.4 Å². The molecule has 1 atom stereocenters. The van der Waals surface area contributed by atoms with Gasteiger partial charge in [0.25, 0.3) is 5.91 Å². The van der Waals surface area contributed by atoms with Gasteiger partial charge in [-0.1, -0.05) is 6.92 Å². The predicted octanol–water partition coefficient (Wildman–Crippen LogP) is 1.70. The number of carbonyl (C=O) groups is 1. The first-order valence-corrected chi connectivity index (χ1v) is 7.44.